The number of hydrogen-bond donors (Lipinski definition) is 0. The lowest BCUT2D eigenvalue weighted by Crippen LogP contribution is -1.93. The van der Waals surface area contributed by atoms with E-state index in [1.54, 1.807) is 0 Å². The van der Waals surface area contributed by atoms with Crippen molar-refractivity contribution < 1.29 is 9.53 Å². The fourth-order valence-electron chi connectivity index (χ4n) is 1.34. The Morgan fingerprint density at radius 1 is 1.18 bits per heavy atom. The Hall–Kier alpha value is -2.23. The quantitative estimate of drug-likeness (QED) is 0.755. The van der Waals surface area contributed by atoms with Crippen LogP contribution in [0.2, 0.25) is 0 Å². The molecule has 1 aromatic heterocycles. The van der Waals surface area contributed by atoms with Crippen LogP contribution < -0.4 is 4.74 Å². The molecule has 2 rings (SSSR count). The number of hydrogen-bond acceptors (Lipinski definition) is 4. The summed E-state index contributed by atoms with van der Waals surface area (Å²) in [5.41, 5.74) is 1.67. The van der Waals surface area contributed by atoms with E-state index in [1.807, 2.05) is 24.3 Å². The summed E-state index contributed by atoms with van der Waals surface area (Å²) in [6.07, 6.45) is 4.54. The van der Waals surface area contributed by atoms with Crippen molar-refractivity contribution >= 4 is 6.29 Å². The maximum absolute atomic E-state index is 10.4. The molecule has 2 aromatic rings. The van der Waals surface area contributed by atoms with E-state index < -0.39 is 0 Å². The van der Waals surface area contributed by atoms with Crippen LogP contribution in [0, 0.1) is 0 Å². The molecule has 0 bridgehead atoms. The van der Waals surface area contributed by atoms with Gasteiger partial charge in [0.05, 0.1) is 5.56 Å². The first-order valence-corrected chi connectivity index (χ1v) is 5.36. The van der Waals surface area contributed by atoms with Crippen LogP contribution in [-0.4, -0.2) is 16.3 Å². The third-order valence-electron chi connectivity index (χ3n) is 2.32. The molecule has 1 heterocycles. The second-order valence-corrected chi connectivity index (χ2v) is 3.52. The zero-order chi connectivity index (χ0) is 12.1. The molecule has 0 unspecified atom stereocenters. The first-order valence-electron chi connectivity index (χ1n) is 5.36. The van der Waals surface area contributed by atoms with Crippen molar-refractivity contribution in [1.82, 2.24) is 9.97 Å². The van der Waals surface area contributed by atoms with Gasteiger partial charge in [-0.3, -0.25) is 4.79 Å². The lowest BCUT2D eigenvalue weighted by atomic mass is 10.2. The number of aromatic nitrogens is 2. The average molecular weight is 228 g/mol. The number of aldehydes is 1. The van der Waals surface area contributed by atoms with Crippen molar-refractivity contribution in [3.05, 3.63) is 47.8 Å². The van der Waals surface area contributed by atoms with Gasteiger partial charge >= 0.3 is 6.01 Å². The van der Waals surface area contributed by atoms with E-state index in [2.05, 4.69) is 16.9 Å². The number of carbonyl (C=O) groups excluding carboxylic acids is 1. The van der Waals surface area contributed by atoms with Crippen molar-refractivity contribution in [2.45, 2.75) is 13.3 Å². The van der Waals surface area contributed by atoms with Gasteiger partial charge in [0, 0.05) is 12.4 Å². The molecule has 0 radical (unpaired) electrons. The summed E-state index contributed by atoms with van der Waals surface area (Å²) in [5, 5.41) is 0. The minimum absolute atomic E-state index is 0.236. The Morgan fingerprint density at radius 3 is 2.35 bits per heavy atom. The minimum atomic E-state index is 0.236. The van der Waals surface area contributed by atoms with E-state index in [9.17, 15) is 4.79 Å². The summed E-state index contributed by atoms with van der Waals surface area (Å²) in [4.78, 5) is 18.3. The molecule has 0 saturated carbocycles. The van der Waals surface area contributed by atoms with Gasteiger partial charge in [0.15, 0.2) is 6.29 Å². The highest BCUT2D eigenvalue weighted by molar-refractivity contribution is 5.73. The lowest BCUT2D eigenvalue weighted by Gasteiger charge is -2.04. The molecule has 4 nitrogen and oxygen atoms in total. The van der Waals surface area contributed by atoms with Crippen LogP contribution in [0.4, 0.5) is 0 Å². The second-order valence-electron chi connectivity index (χ2n) is 3.52. The molecule has 4 heteroatoms. The van der Waals surface area contributed by atoms with Crippen molar-refractivity contribution in [3.63, 3.8) is 0 Å². The highest BCUT2D eigenvalue weighted by Crippen LogP contribution is 2.17. The third-order valence-corrected chi connectivity index (χ3v) is 2.32. The first-order chi connectivity index (χ1) is 8.31. The van der Waals surface area contributed by atoms with Crippen LogP contribution in [0.5, 0.6) is 11.8 Å². The molecule has 0 atom stereocenters. The van der Waals surface area contributed by atoms with Crippen LogP contribution in [0.25, 0.3) is 0 Å². The smallest absolute Gasteiger partial charge is 0.321 e. The van der Waals surface area contributed by atoms with Crippen LogP contribution in [0.15, 0.2) is 36.7 Å². The van der Waals surface area contributed by atoms with Gasteiger partial charge in [0.1, 0.15) is 5.75 Å². The normalized spacial score (nSPS) is 9.94. The predicted octanol–water partition coefficient (Wildman–Crippen LogP) is 2.64. The lowest BCUT2D eigenvalue weighted by molar-refractivity contribution is 0.112. The summed E-state index contributed by atoms with van der Waals surface area (Å²) in [7, 11) is 0. The number of carbonyl (C=O) groups is 1. The van der Waals surface area contributed by atoms with Crippen LogP contribution in [-0.2, 0) is 6.42 Å². The fourth-order valence-corrected chi connectivity index (χ4v) is 1.34. The van der Waals surface area contributed by atoms with Gasteiger partial charge in [-0.1, -0.05) is 19.1 Å². The Balaban J connectivity index is 2.10. The third kappa shape index (κ3) is 2.87. The van der Waals surface area contributed by atoms with Gasteiger partial charge in [-0.15, -0.1) is 0 Å². The number of nitrogens with zero attached hydrogens (tertiary/aromatic N) is 2. The monoisotopic (exact) mass is 228 g/mol. The molecule has 0 N–H and O–H groups in total. The van der Waals surface area contributed by atoms with E-state index >= 15 is 0 Å². The van der Waals surface area contributed by atoms with Gasteiger partial charge in [0.2, 0.25) is 0 Å². The standard InChI is InChI=1S/C13H12N2O2/c1-2-10-3-5-12(6-4-10)17-13-14-7-11(9-16)8-15-13/h3-9H,2H2,1H3. The molecule has 0 fully saturated rings. The van der Waals surface area contributed by atoms with E-state index in [-0.39, 0.29) is 6.01 Å². The van der Waals surface area contributed by atoms with Crippen LogP contribution in [0.3, 0.4) is 0 Å². The van der Waals surface area contributed by atoms with Gasteiger partial charge in [-0.2, -0.15) is 0 Å². The van der Waals surface area contributed by atoms with Crippen LogP contribution in [0.1, 0.15) is 22.8 Å². The molecule has 0 amide bonds. The first kappa shape index (κ1) is 11.3. The number of benzene rings is 1. The summed E-state index contributed by atoms with van der Waals surface area (Å²) in [5.74, 6) is 0.682. The van der Waals surface area contributed by atoms with E-state index in [0.717, 1.165) is 6.42 Å². The molecule has 17 heavy (non-hydrogen) atoms. The van der Waals surface area contributed by atoms with E-state index in [0.29, 0.717) is 17.6 Å². The number of aryl methyl sites for hydroxylation is 1. The molecular weight excluding hydrogens is 216 g/mol. The molecule has 1 aromatic carbocycles. The Labute approximate surface area is 99.3 Å². The Morgan fingerprint density at radius 2 is 1.82 bits per heavy atom. The van der Waals surface area contributed by atoms with Crippen molar-refractivity contribution in [2.75, 3.05) is 0 Å². The Kier molecular flexibility index (Phi) is 3.45. The maximum atomic E-state index is 10.4. The molecule has 0 saturated heterocycles. The molecule has 0 aliphatic rings. The number of ether oxygens (including phenoxy) is 1. The highest BCUT2D eigenvalue weighted by atomic mass is 16.5. The SMILES string of the molecule is CCc1ccc(Oc2ncc(C=O)cn2)cc1. The second kappa shape index (κ2) is 5.21. The van der Waals surface area contributed by atoms with Crippen molar-refractivity contribution in [1.29, 1.82) is 0 Å². The van der Waals surface area contributed by atoms with Gasteiger partial charge in [-0.25, -0.2) is 9.97 Å². The zero-order valence-electron chi connectivity index (χ0n) is 9.46. The summed E-state index contributed by atoms with van der Waals surface area (Å²) < 4.78 is 5.44. The predicted molar refractivity (Wildman–Crippen MR) is 63.3 cm³/mol. The fraction of sp³-hybridized carbons (Fsp3) is 0.154. The van der Waals surface area contributed by atoms with E-state index in [4.69, 9.17) is 4.74 Å². The zero-order valence-corrected chi connectivity index (χ0v) is 9.46. The van der Waals surface area contributed by atoms with E-state index in [1.165, 1.54) is 18.0 Å². The summed E-state index contributed by atoms with van der Waals surface area (Å²) >= 11 is 0. The molecule has 0 aliphatic carbocycles. The number of rotatable bonds is 4. The topological polar surface area (TPSA) is 52.1 Å². The van der Waals surface area contributed by atoms with Gasteiger partial charge < -0.3 is 4.74 Å². The molecule has 0 spiro atoms. The largest absolute Gasteiger partial charge is 0.424 e. The molecule has 86 valence electrons. The highest BCUT2D eigenvalue weighted by Gasteiger charge is 2.00. The minimum Gasteiger partial charge on any atom is -0.424 e. The summed E-state index contributed by atoms with van der Waals surface area (Å²) in [6, 6.07) is 7.97. The van der Waals surface area contributed by atoms with Crippen molar-refractivity contribution in [2.24, 2.45) is 0 Å². The average Bonchev–Trinajstić information content (AvgIpc) is 2.40. The summed E-state index contributed by atoms with van der Waals surface area (Å²) in [6.45, 7) is 2.09. The maximum Gasteiger partial charge on any atom is 0.321 e. The molecule has 0 aliphatic heterocycles. The van der Waals surface area contributed by atoms with Crippen LogP contribution >= 0.6 is 0 Å². The van der Waals surface area contributed by atoms with Gasteiger partial charge in [-0.05, 0) is 24.1 Å². The van der Waals surface area contributed by atoms with Gasteiger partial charge in [0.25, 0.3) is 0 Å². The Bertz CT molecular complexity index is 492. The molecular formula is C13H12N2O2. The van der Waals surface area contributed by atoms with Crippen molar-refractivity contribution in [3.8, 4) is 11.8 Å².